The fourth-order valence-corrected chi connectivity index (χ4v) is 3.93. The van der Waals surface area contributed by atoms with E-state index in [4.69, 9.17) is 9.47 Å². The van der Waals surface area contributed by atoms with Crippen molar-refractivity contribution in [3.8, 4) is 0 Å². The summed E-state index contributed by atoms with van der Waals surface area (Å²) in [6.07, 6.45) is -0.351. The van der Waals surface area contributed by atoms with Crippen molar-refractivity contribution in [2.75, 3.05) is 38.2 Å². The van der Waals surface area contributed by atoms with Gasteiger partial charge >= 0.3 is 19.2 Å². The summed E-state index contributed by atoms with van der Waals surface area (Å²) in [5, 5.41) is 19.8. The van der Waals surface area contributed by atoms with Crippen LogP contribution in [0.5, 0.6) is 0 Å². The van der Waals surface area contributed by atoms with Crippen LogP contribution >= 0.6 is 0 Å². The number of carbonyl (C=O) groups excluding carboxylic acids is 2. The first-order chi connectivity index (χ1) is 13.4. The summed E-state index contributed by atoms with van der Waals surface area (Å²) < 4.78 is 10.4. The van der Waals surface area contributed by atoms with Crippen molar-refractivity contribution in [3.63, 3.8) is 0 Å². The Morgan fingerprint density at radius 2 is 1.52 bits per heavy atom. The lowest BCUT2D eigenvalue weighted by atomic mass is 9.71. The Kier molecular flexibility index (Phi) is 6.85. The molecule has 1 aliphatic rings. The number of nitrogens with zero attached hydrogens (tertiary/aromatic N) is 2. The predicted molar refractivity (Wildman–Crippen MR) is 112 cm³/mol. The Morgan fingerprint density at radius 3 is 1.97 bits per heavy atom. The van der Waals surface area contributed by atoms with Crippen molar-refractivity contribution in [2.24, 2.45) is 0 Å². The quantitative estimate of drug-likeness (QED) is 0.574. The topological polar surface area (TPSA) is 99.5 Å². The highest BCUT2D eigenvalue weighted by Gasteiger charge is 2.32. The van der Waals surface area contributed by atoms with E-state index in [1.54, 1.807) is 11.8 Å². The molecule has 0 spiro atoms. The number of anilines is 1. The molecule has 0 aliphatic carbocycles. The molecular weight excluding hydrogens is 375 g/mol. The van der Waals surface area contributed by atoms with Gasteiger partial charge in [-0.25, -0.2) is 9.59 Å². The number of carbonyl (C=O) groups is 2. The predicted octanol–water partition coefficient (Wildman–Crippen LogP) is 1.14. The first-order valence-electron chi connectivity index (χ1n) is 9.70. The van der Waals surface area contributed by atoms with E-state index in [1.165, 1.54) is 7.11 Å². The molecule has 9 heteroatoms. The molecule has 0 saturated carbocycles. The van der Waals surface area contributed by atoms with Gasteiger partial charge in [-0.15, -0.1) is 0 Å². The van der Waals surface area contributed by atoms with Gasteiger partial charge in [0.1, 0.15) is 5.60 Å². The summed E-state index contributed by atoms with van der Waals surface area (Å²) in [6.45, 7) is 12.8. The molecule has 1 heterocycles. The third kappa shape index (κ3) is 4.84. The Bertz CT molecular complexity index is 795. The lowest BCUT2D eigenvalue weighted by Gasteiger charge is -2.39. The summed E-state index contributed by atoms with van der Waals surface area (Å²) >= 11 is 0. The molecule has 0 aromatic heterocycles. The van der Waals surface area contributed by atoms with Crippen LogP contribution < -0.4 is 10.4 Å². The SMILES string of the molecule is COC(=O)c1c(C)c(B(O)O)c(C)c(N2CCN(C(=O)OC(C)(C)C)CC2)c1C. The number of benzene rings is 1. The van der Waals surface area contributed by atoms with Crippen molar-refractivity contribution in [1.82, 2.24) is 4.90 Å². The van der Waals surface area contributed by atoms with Gasteiger partial charge in [-0.2, -0.15) is 0 Å². The monoisotopic (exact) mass is 406 g/mol. The van der Waals surface area contributed by atoms with Crippen LogP contribution in [0.2, 0.25) is 0 Å². The molecule has 0 bridgehead atoms. The average Bonchev–Trinajstić information content (AvgIpc) is 2.60. The highest BCUT2D eigenvalue weighted by molar-refractivity contribution is 6.60. The number of esters is 1. The zero-order chi connectivity index (χ0) is 22.1. The minimum atomic E-state index is -1.71. The van der Waals surface area contributed by atoms with Gasteiger partial charge in [0, 0.05) is 31.9 Å². The van der Waals surface area contributed by atoms with E-state index in [2.05, 4.69) is 4.90 Å². The van der Waals surface area contributed by atoms with Gasteiger partial charge in [0.25, 0.3) is 0 Å². The zero-order valence-electron chi connectivity index (χ0n) is 18.3. The first kappa shape index (κ1) is 23.0. The summed E-state index contributed by atoms with van der Waals surface area (Å²) in [7, 11) is -0.407. The largest absolute Gasteiger partial charge is 0.489 e. The van der Waals surface area contributed by atoms with Crippen LogP contribution in [0.4, 0.5) is 10.5 Å². The second kappa shape index (κ2) is 8.63. The molecule has 1 fully saturated rings. The zero-order valence-corrected chi connectivity index (χ0v) is 18.3. The fraction of sp³-hybridized carbons (Fsp3) is 0.600. The van der Waals surface area contributed by atoms with Gasteiger partial charge in [-0.1, -0.05) is 0 Å². The van der Waals surface area contributed by atoms with E-state index in [0.29, 0.717) is 48.3 Å². The molecule has 0 radical (unpaired) electrons. The molecule has 1 amide bonds. The molecule has 160 valence electrons. The number of rotatable bonds is 3. The Hall–Kier alpha value is -2.26. The van der Waals surface area contributed by atoms with Crippen LogP contribution in [0.15, 0.2) is 0 Å². The summed E-state index contributed by atoms with van der Waals surface area (Å²) in [6, 6.07) is 0. The molecule has 1 aromatic carbocycles. The van der Waals surface area contributed by atoms with E-state index in [0.717, 1.165) is 11.3 Å². The van der Waals surface area contributed by atoms with Crippen LogP contribution in [0.3, 0.4) is 0 Å². The van der Waals surface area contributed by atoms with E-state index < -0.39 is 18.7 Å². The van der Waals surface area contributed by atoms with Crippen molar-refractivity contribution < 1.29 is 29.1 Å². The highest BCUT2D eigenvalue weighted by Crippen LogP contribution is 2.31. The summed E-state index contributed by atoms with van der Waals surface area (Å²) in [4.78, 5) is 28.4. The molecule has 1 saturated heterocycles. The number of piperazine rings is 1. The normalized spacial score (nSPS) is 14.7. The lowest BCUT2D eigenvalue weighted by molar-refractivity contribution is 0.0240. The molecule has 8 nitrogen and oxygen atoms in total. The second-order valence-electron chi connectivity index (χ2n) is 8.33. The van der Waals surface area contributed by atoms with Crippen LogP contribution in [0.1, 0.15) is 47.8 Å². The minimum absolute atomic E-state index is 0.306. The van der Waals surface area contributed by atoms with Crippen LogP contribution in [0.25, 0.3) is 0 Å². The number of hydrogen-bond acceptors (Lipinski definition) is 7. The molecule has 2 N–H and O–H groups in total. The van der Waals surface area contributed by atoms with Crippen molar-refractivity contribution in [2.45, 2.75) is 47.1 Å². The van der Waals surface area contributed by atoms with Crippen LogP contribution in [0, 0.1) is 20.8 Å². The van der Waals surface area contributed by atoms with Gasteiger partial charge in [0.05, 0.1) is 12.7 Å². The minimum Gasteiger partial charge on any atom is -0.465 e. The molecule has 1 aliphatic heterocycles. The molecule has 2 rings (SSSR count). The first-order valence-corrected chi connectivity index (χ1v) is 9.70. The standard InChI is InChI=1S/C20H31BN2O6/c1-12-15(18(24)28-7)13(2)17(14(3)16(12)21(26)27)22-8-10-23(11-9-22)19(25)29-20(4,5)6/h26-27H,8-11H2,1-7H3. The maximum atomic E-state index is 12.4. The Labute approximate surface area is 172 Å². The Balaban J connectivity index is 2.37. The van der Waals surface area contributed by atoms with Crippen LogP contribution in [-0.2, 0) is 9.47 Å². The van der Waals surface area contributed by atoms with Crippen molar-refractivity contribution in [3.05, 3.63) is 22.3 Å². The van der Waals surface area contributed by atoms with E-state index in [9.17, 15) is 19.6 Å². The highest BCUT2D eigenvalue weighted by atomic mass is 16.6. The molecule has 29 heavy (non-hydrogen) atoms. The number of amides is 1. The van der Waals surface area contributed by atoms with Gasteiger partial charge in [0.2, 0.25) is 0 Å². The van der Waals surface area contributed by atoms with Gasteiger partial charge in [-0.3, -0.25) is 0 Å². The maximum absolute atomic E-state index is 12.4. The van der Waals surface area contributed by atoms with E-state index >= 15 is 0 Å². The fourth-order valence-electron chi connectivity index (χ4n) is 3.93. The van der Waals surface area contributed by atoms with E-state index in [-0.39, 0.29) is 6.09 Å². The second-order valence-corrected chi connectivity index (χ2v) is 8.33. The number of methoxy groups -OCH3 is 1. The average molecular weight is 406 g/mol. The van der Waals surface area contributed by atoms with Crippen LogP contribution in [-0.4, -0.2) is 73.0 Å². The summed E-state index contributed by atoms with van der Waals surface area (Å²) in [5.41, 5.74) is 2.78. The van der Waals surface area contributed by atoms with Crippen molar-refractivity contribution >= 4 is 30.3 Å². The summed E-state index contributed by atoms with van der Waals surface area (Å²) in [5.74, 6) is -0.518. The van der Waals surface area contributed by atoms with Gasteiger partial charge in [0.15, 0.2) is 0 Å². The lowest BCUT2D eigenvalue weighted by Crippen LogP contribution is -2.51. The van der Waals surface area contributed by atoms with Crippen molar-refractivity contribution in [1.29, 1.82) is 0 Å². The molecule has 1 aromatic rings. The Morgan fingerprint density at radius 1 is 0.966 bits per heavy atom. The maximum Gasteiger partial charge on any atom is 0.489 e. The molecular formula is C20H31BN2O6. The smallest absolute Gasteiger partial charge is 0.465 e. The van der Waals surface area contributed by atoms with Gasteiger partial charge < -0.3 is 29.3 Å². The third-order valence-electron chi connectivity index (χ3n) is 5.16. The molecule has 0 atom stereocenters. The molecule has 0 unspecified atom stereocenters. The number of hydrogen-bond donors (Lipinski definition) is 2. The van der Waals surface area contributed by atoms with Gasteiger partial charge in [-0.05, 0) is 63.7 Å². The third-order valence-corrected chi connectivity index (χ3v) is 5.16. The van der Waals surface area contributed by atoms with E-state index in [1.807, 2.05) is 34.6 Å². The number of ether oxygens (including phenoxy) is 2.